The first-order chi connectivity index (χ1) is 9.09. The Morgan fingerprint density at radius 3 is 2.74 bits per heavy atom. The molecule has 19 heavy (non-hydrogen) atoms. The van der Waals surface area contributed by atoms with Gasteiger partial charge < -0.3 is 10.1 Å². The fraction of sp³-hybridized carbons (Fsp3) is 0.600. The first-order valence-electron chi connectivity index (χ1n) is 6.75. The zero-order valence-electron chi connectivity index (χ0n) is 11.3. The second-order valence-electron chi connectivity index (χ2n) is 5.57. The maximum atomic E-state index is 12.6. The highest BCUT2D eigenvalue weighted by Gasteiger charge is 2.26. The van der Waals surface area contributed by atoms with Crippen LogP contribution in [0.15, 0.2) is 24.3 Å². The van der Waals surface area contributed by atoms with Crippen LogP contribution < -0.4 is 5.32 Å². The van der Waals surface area contributed by atoms with Crippen molar-refractivity contribution in [1.82, 2.24) is 5.32 Å². The molecule has 1 fully saturated rings. The minimum atomic E-state index is -2.40. The van der Waals surface area contributed by atoms with E-state index in [-0.39, 0.29) is 11.0 Å². The second kappa shape index (κ2) is 6.44. The quantitative estimate of drug-likeness (QED) is 0.883. The van der Waals surface area contributed by atoms with Crippen molar-refractivity contribution in [2.45, 2.75) is 32.7 Å². The van der Waals surface area contributed by atoms with Crippen LogP contribution in [0.25, 0.3) is 0 Å². The highest BCUT2D eigenvalue weighted by atomic mass is 19.3. The van der Waals surface area contributed by atoms with E-state index in [4.69, 9.17) is 4.74 Å². The van der Waals surface area contributed by atoms with Crippen molar-refractivity contribution in [3.8, 4) is 0 Å². The number of ether oxygens (including phenoxy) is 1. The van der Waals surface area contributed by atoms with Gasteiger partial charge in [0.15, 0.2) is 0 Å². The Bertz CT molecular complexity index is 403. The molecule has 0 aliphatic carbocycles. The lowest BCUT2D eigenvalue weighted by molar-refractivity contribution is 0.0240. The first-order valence-corrected chi connectivity index (χ1v) is 6.75. The van der Waals surface area contributed by atoms with Crippen LogP contribution in [0.1, 0.15) is 37.3 Å². The summed E-state index contributed by atoms with van der Waals surface area (Å²) in [6, 6.07) is 6.61. The molecule has 1 heterocycles. The predicted octanol–water partition coefficient (Wildman–Crippen LogP) is 3.53. The molecule has 0 spiro atoms. The monoisotopic (exact) mass is 269 g/mol. The fourth-order valence-electron chi connectivity index (χ4n) is 2.39. The summed E-state index contributed by atoms with van der Waals surface area (Å²) >= 11 is 0. The molecular formula is C15H21F2NO. The van der Waals surface area contributed by atoms with E-state index in [1.54, 1.807) is 12.1 Å². The molecule has 0 atom stereocenters. The first kappa shape index (κ1) is 14.4. The summed E-state index contributed by atoms with van der Waals surface area (Å²) in [6.45, 7) is 5.42. The van der Waals surface area contributed by atoms with Crippen molar-refractivity contribution in [3.05, 3.63) is 35.4 Å². The molecule has 106 valence electrons. The van der Waals surface area contributed by atoms with E-state index >= 15 is 0 Å². The molecular weight excluding hydrogens is 248 g/mol. The molecule has 0 amide bonds. The van der Waals surface area contributed by atoms with Gasteiger partial charge in [-0.25, -0.2) is 8.78 Å². The van der Waals surface area contributed by atoms with Gasteiger partial charge in [0, 0.05) is 31.9 Å². The summed E-state index contributed by atoms with van der Waals surface area (Å²) in [6.07, 6.45) is -0.290. The van der Waals surface area contributed by atoms with Crippen LogP contribution in [0.4, 0.5) is 8.78 Å². The van der Waals surface area contributed by atoms with Crippen molar-refractivity contribution >= 4 is 0 Å². The Balaban J connectivity index is 1.83. The summed E-state index contributed by atoms with van der Waals surface area (Å²) in [5, 5.41) is 3.38. The van der Waals surface area contributed by atoms with Gasteiger partial charge >= 0.3 is 0 Å². The molecule has 1 aromatic rings. The van der Waals surface area contributed by atoms with Gasteiger partial charge in [0.25, 0.3) is 6.43 Å². The fourth-order valence-corrected chi connectivity index (χ4v) is 2.39. The Morgan fingerprint density at radius 1 is 1.32 bits per heavy atom. The lowest BCUT2D eigenvalue weighted by atomic mass is 9.82. The van der Waals surface area contributed by atoms with Gasteiger partial charge in [-0.05, 0) is 29.9 Å². The normalized spacial score (nSPS) is 18.7. The average molecular weight is 269 g/mol. The molecule has 1 N–H and O–H groups in total. The Morgan fingerprint density at radius 2 is 2.05 bits per heavy atom. The van der Waals surface area contributed by atoms with Crippen LogP contribution in [0.5, 0.6) is 0 Å². The SMILES string of the molecule is CC1(CNCc2cccc(C(F)F)c2)CCOCC1. The third-order valence-corrected chi connectivity index (χ3v) is 3.78. The number of alkyl halides is 2. The minimum Gasteiger partial charge on any atom is -0.381 e. The lowest BCUT2D eigenvalue weighted by Gasteiger charge is -2.33. The highest BCUT2D eigenvalue weighted by Crippen LogP contribution is 2.28. The topological polar surface area (TPSA) is 21.3 Å². The maximum absolute atomic E-state index is 12.6. The molecule has 1 aliphatic rings. The molecule has 0 unspecified atom stereocenters. The number of hydrogen-bond donors (Lipinski definition) is 1. The number of benzene rings is 1. The molecule has 2 nitrogen and oxygen atoms in total. The lowest BCUT2D eigenvalue weighted by Crippen LogP contribution is -2.36. The molecule has 0 aromatic heterocycles. The summed E-state index contributed by atoms with van der Waals surface area (Å²) in [5.74, 6) is 0. The van der Waals surface area contributed by atoms with Gasteiger partial charge in [-0.3, -0.25) is 0 Å². The van der Waals surface area contributed by atoms with Gasteiger partial charge in [0.05, 0.1) is 0 Å². The van der Waals surface area contributed by atoms with Gasteiger partial charge in [0.2, 0.25) is 0 Å². The van der Waals surface area contributed by atoms with Crippen LogP contribution in [0.2, 0.25) is 0 Å². The molecule has 0 saturated carbocycles. The molecule has 0 bridgehead atoms. The van der Waals surface area contributed by atoms with Crippen LogP contribution in [0, 0.1) is 5.41 Å². The molecule has 1 aliphatic heterocycles. The Labute approximate surface area is 113 Å². The van der Waals surface area contributed by atoms with Crippen LogP contribution in [0.3, 0.4) is 0 Å². The van der Waals surface area contributed by atoms with E-state index in [9.17, 15) is 8.78 Å². The standard InChI is InChI=1S/C15H21F2NO/c1-15(5-7-19-8-6-15)11-18-10-12-3-2-4-13(9-12)14(16)17/h2-4,9,14,18H,5-8,10-11H2,1H3. The van der Waals surface area contributed by atoms with Crippen molar-refractivity contribution in [2.24, 2.45) is 5.41 Å². The van der Waals surface area contributed by atoms with Crippen LogP contribution in [-0.4, -0.2) is 19.8 Å². The zero-order chi connectivity index (χ0) is 13.7. The molecule has 0 radical (unpaired) electrons. The number of rotatable bonds is 5. The molecule has 2 rings (SSSR count). The van der Waals surface area contributed by atoms with E-state index in [1.165, 1.54) is 6.07 Å². The highest BCUT2D eigenvalue weighted by molar-refractivity contribution is 5.24. The van der Waals surface area contributed by atoms with Gasteiger partial charge in [-0.1, -0.05) is 25.1 Å². The van der Waals surface area contributed by atoms with Gasteiger partial charge in [0.1, 0.15) is 0 Å². The summed E-state index contributed by atoms with van der Waals surface area (Å²) in [4.78, 5) is 0. The van der Waals surface area contributed by atoms with E-state index in [0.29, 0.717) is 6.54 Å². The van der Waals surface area contributed by atoms with E-state index in [0.717, 1.165) is 38.2 Å². The number of nitrogens with one attached hydrogen (secondary N) is 1. The summed E-state index contributed by atoms with van der Waals surface area (Å²) in [7, 11) is 0. The van der Waals surface area contributed by atoms with Gasteiger partial charge in [-0.2, -0.15) is 0 Å². The minimum absolute atomic E-state index is 0.0941. The van der Waals surface area contributed by atoms with E-state index < -0.39 is 6.43 Å². The van der Waals surface area contributed by atoms with Crippen molar-refractivity contribution in [1.29, 1.82) is 0 Å². The summed E-state index contributed by atoms with van der Waals surface area (Å²) < 4.78 is 30.5. The van der Waals surface area contributed by atoms with E-state index in [1.807, 2.05) is 6.07 Å². The predicted molar refractivity (Wildman–Crippen MR) is 71.3 cm³/mol. The average Bonchev–Trinajstić information content (AvgIpc) is 2.39. The molecule has 1 saturated heterocycles. The maximum Gasteiger partial charge on any atom is 0.263 e. The molecule has 1 aromatic carbocycles. The van der Waals surface area contributed by atoms with Crippen molar-refractivity contribution in [2.75, 3.05) is 19.8 Å². The third kappa shape index (κ3) is 4.25. The smallest absolute Gasteiger partial charge is 0.263 e. The number of halogens is 2. The Kier molecular flexibility index (Phi) is 4.88. The van der Waals surface area contributed by atoms with Crippen LogP contribution in [-0.2, 0) is 11.3 Å². The Hall–Kier alpha value is -1.00. The number of hydrogen-bond acceptors (Lipinski definition) is 2. The summed E-state index contributed by atoms with van der Waals surface area (Å²) in [5.41, 5.74) is 1.27. The van der Waals surface area contributed by atoms with Crippen LogP contribution >= 0.6 is 0 Å². The molecule has 4 heteroatoms. The van der Waals surface area contributed by atoms with E-state index in [2.05, 4.69) is 12.2 Å². The third-order valence-electron chi connectivity index (χ3n) is 3.78. The van der Waals surface area contributed by atoms with Crippen molar-refractivity contribution in [3.63, 3.8) is 0 Å². The van der Waals surface area contributed by atoms with Gasteiger partial charge in [-0.15, -0.1) is 0 Å². The largest absolute Gasteiger partial charge is 0.381 e. The van der Waals surface area contributed by atoms with Crippen molar-refractivity contribution < 1.29 is 13.5 Å². The second-order valence-corrected chi connectivity index (χ2v) is 5.57. The zero-order valence-corrected chi connectivity index (χ0v) is 11.3.